The third-order valence-electron chi connectivity index (χ3n) is 4.05. The molecule has 0 bridgehead atoms. The van der Waals surface area contributed by atoms with Gasteiger partial charge < -0.3 is 5.11 Å². The second kappa shape index (κ2) is 7.33. The summed E-state index contributed by atoms with van der Waals surface area (Å²) in [6.07, 6.45) is 3.09. The van der Waals surface area contributed by atoms with Gasteiger partial charge in [-0.3, -0.25) is 14.6 Å². The van der Waals surface area contributed by atoms with Crippen LogP contribution in [0.5, 0.6) is 0 Å². The largest absolute Gasteiger partial charge is 0.392 e. The van der Waals surface area contributed by atoms with Crippen molar-refractivity contribution in [2.45, 2.75) is 58.7 Å². The highest BCUT2D eigenvalue weighted by Gasteiger charge is 2.27. The first-order chi connectivity index (χ1) is 10.0. The smallest absolute Gasteiger partial charge is 0.225 e. The molecule has 2 rings (SSSR count). The van der Waals surface area contributed by atoms with Crippen LogP contribution in [0.25, 0.3) is 0 Å². The van der Waals surface area contributed by atoms with Crippen molar-refractivity contribution in [3.05, 3.63) is 11.1 Å². The van der Waals surface area contributed by atoms with Crippen LogP contribution < -0.4 is 4.90 Å². The van der Waals surface area contributed by atoms with Gasteiger partial charge in [0, 0.05) is 31.4 Å². The van der Waals surface area contributed by atoms with Crippen molar-refractivity contribution in [3.63, 3.8) is 0 Å². The van der Waals surface area contributed by atoms with Gasteiger partial charge in [-0.1, -0.05) is 6.42 Å². The highest BCUT2D eigenvalue weighted by atomic mass is 32.1. The Labute approximate surface area is 130 Å². The molecule has 1 aromatic heterocycles. The van der Waals surface area contributed by atoms with Gasteiger partial charge in [0.2, 0.25) is 5.91 Å². The molecule has 1 fully saturated rings. The second-order valence-electron chi connectivity index (χ2n) is 5.66. The van der Waals surface area contributed by atoms with E-state index in [0.717, 1.165) is 30.3 Å². The van der Waals surface area contributed by atoms with E-state index in [1.54, 1.807) is 11.8 Å². The molecule has 2 unspecified atom stereocenters. The van der Waals surface area contributed by atoms with Crippen LogP contribution in [0.3, 0.4) is 0 Å². The van der Waals surface area contributed by atoms with Crippen LogP contribution in [-0.2, 0) is 11.3 Å². The zero-order chi connectivity index (χ0) is 15.4. The Balaban J connectivity index is 2.06. The molecule has 6 heteroatoms. The van der Waals surface area contributed by atoms with Crippen LogP contribution in [0.2, 0.25) is 0 Å². The van der Waals surface area contributed by atoms with E-state index < -0.39 is 0 Å². The number of rotatable bonds is 5. The number of aliphatic hydroxyl groups is 1. The quantitative estimate of drug-likeness (QED) is 0.906. The molecule has 2 atom stereocenters. The maximum absolute atomic E-state index is 11.6. The number of hydrogen-bond acceptors (Lipinski definition) is 5. The van der Waals surface area contributed by atoms with Gasteiger partial charge >= 0.3 is 0 Å². The topological polar surface area (TPSA) is 56.7 Å². The molecule has 1 amide bonds. The predicted molar refractivity (Wildman–Crippen MR) is 85.5 cm³/mol. The van der Waals surface area contributed by atoms with Gasteiger partial charge in [0.1, 0.15) is 0 Å². The fourth-order valence-electron chi connectivity index (χ4n) is 2.95. The molecule has 1 saturated heterocycles. The number of carbonyl (C=O) groups excluding carboxylic acids is 1. The van der Waals surface area contributed by atoms with Gasteiger partial charge in [0.15, 0.2) is 5.13 Å². The molecule has 0 saturated carbocycles. The first-order valence-corrected chi connectivity index (χ1v) is 8.55. The molecule has 1 aliphatic rings. The number of amides is 1. The molecule has 5 nitrogen and oxygen atoms in total. The standard InChI is InChI=1S/C15H25N3O2S/c1-4-18(12(3)20)15-16-13(10-21-15)9-17-8-6-5-7-14(17)11(2)19/h10-11,14,19H,4-9H2,1-3H3. The summed E-state index contributed by atoms with van der Waals surface area (Å²) in [7, 11) is 0. The van der Waals surface area contributed by atoms with E-state index in [4.69, 9.17) is 0 Å². The van der Waals surface area contributed by atoms with Crippen molar-refractivity contribution in [2.75, 3.05) is 18.0 Å². The fraction of sp³-hybridized carbons (Fsp3) is 0.733. The Morgan fingerprint density at radius 2 is 2.38 bits per heavy atom. The number of piperidine rings is 1. The van der Waals surface area contributed by atoms with Gasteiger partial charge in [0.05, 0.1) is 11.8 Å². The molecule has 21 heavy (non-hydrogen) atoms. The van der Waals surface area contributed by atoms with Crippen LogP contribution in [0.4, 0.5) is 5.13 Å². The summed E-state index contributed by atoms with van der Waals surface area (Å²) in [5.74, 6) is 0.0261. The lowest BCUT2D eigenvalue weighted by atomic mass is 9.98. The summed E-state index contributed by atoms with van der Waals surface area (Å²) in [5, 5.41) is 12.7. The maximum atomic E-state index is 11.6. The van der Waals surface area contributed by atoms with E-state index in [0.29, 0.717) is 6.54 Å². The van der Waals surface area contributed by atoms with Gasteiger partial charge in [0.25, 0.3) is 0 Å². The van der Waals surface area contributed by atoms with Crippen LogP contribution in [0.1, 0.15) is 45.7 Å². The van der Waals surface area contributed by atoms with E-state index >= 15 is 0 Å². The zero-order valence-electron chi connectivity index (χ0n) is 13.1. The number of carbonyl (C=O) groups is 1. The normalized spacial score (nSPS) is 21.2. The van der Waals surface area contributed by atoms with E-state index in [1.165, 1.54) is 24.2 Å². The first-order valence-electron chi connectivity index (χ1n) is 7.67. The number of nitrogens with zero attached hydrogens (tertiary/aromatic N) is 3. The average Bonchev–Trinajstić information content (AvgIpc) is 2.87. The lowest BCUT2D eigenvalue weighted by Gasteiger charge is -2.37. The Morgan fingerprint density at radius 1 is 1.62 bits per heavy atom. The van der Waals surface area contributed by atoms with Crippen molar-refractivity contribution in [1.82, 2.24) is 9.88 Å². The van der Waals surface area contributed by atoms with Crippen molar-refractivity contribution in [1.29, 1.82) is 0 Å². The van der Waals surface area contributed by atoms with Crippen molar-refractivity contribution in [3.8, 4) is 0 Å². The Morgan fingerprint density at radius 3 is 3.00 bits per heavy atom. The van der Waals surface area contributed by atoms with Crippen LogP contribution in [0.15, 0.2) is 5.38 Å². The lowest BCUT2D eigenvalue weighted by Crippen LogP contribution is -2.45. The minimum atomic E-state index is -0.312. The van der Waals surface area contributed by atoms with E-state index in [9.17, 15) is 9.90 Å². The van der Waals surface area contributed by atoms with Crippen molar-refractivity contribution in [2.24, 2.45) is 0 Å². The fourth-order valence-corrected chi connectivity index (χ4v) is 3.88. The third-order valence-corrected chi connectivity index (χ3v) is 4.97. The summed E-state index contributed by atoms with van der Waals surface area (Å²) in [5.41, 5.74) is 0.988. The first kappa shape index (κ1) is 16.4. The minimum Gasteiger partial charge on any atom is -0.392 e. The monoisotopic (exact) mass is 311 g/mol. The average molecular weight is 311 g/mol. The molecule has 1 N–H and O–H groups in total. The summed E-state index contributed by atoms with van der Waals surface area (Å²) < 4.78 is 0. The molecule has 0 radical (unpaired) electrons. The highest BCUT2D eigenvalue weighted by molar-refractivity contribution is 7.14. The number of aromatic nitrogens is 1. The lowest BCUT2D eigenvalue weighted by molar-refractivity contribution is -0.116. The van der Waals surface area contributed by atoms with Crippen molar-refractivity contribution >= 4 is 22.4 Å². The van der Waals surface area contributed by atoms with Gasteiger partial charge in [-0.25, -0.2) is 4.98 Å². The summed E-state index contributed by atoms with van der Waals surface area (Å²) in [4.78, 5) is 20.2. The van der Waals surface area contributed by atoms with E-state index in [2.05, 4.69) is 9.88 Å². The SMILES string of the molecule is CCN(C(C)=O)c1nc(CN2CCCCC2C(C)O)cs1. The number of anilines is 1. The van der Waals surface area contributed by atoms with Gasteiger partial charge in [-0.05, 0) is 33.2 Å². The Kier molecular flexibility index (Phi) is 5.72. The van der Waals surface area contributed by atoms with Crippen LogP contribution >= 0.6 is 11.3 Å². The zero-order valence-corrected chi connectivity index (χ0v) is 13.9. The molecule has 0 spiro atoms. The second-order valence-corrected chi connectivity index (χ2v) is 6.50. The van der Waals surface area contributed by atoms with E-state index in [-0.39, 0.29) is 18.1 Å². The van der Waals surface area contributed by atoms with Crippen molar-refractivity contribution < 1.29 is 9.90 Å². The number of likely N-dealkylation sites (tertiary alicyclic amines) is 1. The third kappa shape index (κ3) is 4.02. The van der Waals surface area contributed by atoms with Gasteiger partial charge in [-0.15, -0.1) is 11.3 Å². The highest BCUT2D eigenvalue weighted by Crippen LogP contribution is 2.25. The summed E-state index contributed by atoms with van der Waals surface area (Å²) in [6, 6.07) is 0.221. The molecular weight excluding hydrogens is 286 g/mol. The molecule has 0 aromatic carbocycles. The molecule has 0 aliphatic carbocycles. The maximum Gasteiger partial charge on any atom is 0.225 e. The number of hydrogen-bond donors (Lipinski definition) is 1. The Hall–Kier alpha value is -0.980. The Bertz CT molecular complexity index is 475. The predicted octanol–water partition coefficient (Wildman–Crippen LogP) is 2.25. The molecule has 118 valence electrons. The van der Waals surface area contributed by atoms with Crippen LogP contribution in [0, 0.1) is 0 Å². The molecule has 1 aromatic rings. The minimum absolute atomic E-state index is 0.0261. The van der Waals surface area contributed by atoms with Gasteiger partial charge in [-0.2, -0.15) is 0 Å². The molecule has 2 heterocycles. The number of thiazole rings is 1. The number of aliphatic hydroxyl groups excluding tert-OH is 1. The summed E-state index contributed by atoms with van der Waals surface area (Å²) in [6.45, 7) is 7.79. The summed E-state index contributed by atoms with van der Waals surface area (Å²) >= 11 is 1.51. The molecule has 1 aliphatic heterocycles. The van der Waals surface area contributed by atoms with E-state index in [1.807, 2.05) is 19.2 Å². The van der Waals surface area contributed by atoms with Crippen LogP contribution in [-0.4, -0.2) is 46.1 Å². The molecular formula is C15H25N3O2S.